The molecule has 2 rings (SSSR count). The lowest BCUT2D eigenvalue weighted by Gasteiger charge is -2.15. The van der Waals surface area contributed by atoms with Gasteiger partial charge >= 0.3 is 0 Å². The van der Waals surface area contributed by atoms with Gasteiger partial charge in [0.05, 0.1) is 18.0 Å². The Balaban J connectivity index is 2.09. The van der Waals surface area contributed by atoms with Gasteiger partial charge in [0.1, 0.15) is 5.82 Å². The first-order valence-electron chi connectivity index (χ1n) is 5.16. The summed E-state index contributed by atoms with van der Waals surface area (Å²) in [5.74, 6) is -1.43. The highest BCUT2D eigenvalue weighted by atomic mass is 19.1. The summed E-state index contributed by atoms with van der Waals surface area (Å²) < 4.78 is 26.0. The molecule has 0 aliphatic heterocycles. The van der Waals surface area contributed by atoms with Crippen LogP contribution < -0.4 is 11.1 Å². The zero-order valence-corrected chi connectivity index (χ0v) is 8.76. The maximum absolute atomic E-state index is 13.1. The maximum atomic E-state index is 13.1. The highest BCUT2D eigenvalue weighted by molar-refractivity contribution is 5.66. The fourth-order valence-electron chi connectivity index (χ4n) is 1.58. The normalized spacial score (nSPS) is 17.2. The fraction of sp³-hybridized carbons (Fsp3) is 0.455. The molecule has 16 heavy (non-hydrogen) atoms. The molecule has 1 aliphatic carbocycles. The first-order chi connectivity index (χ1) is 7.56. The second-order valence-corrected chi connectivity index (χ2v) is 4.36. The summed E-state index contributed by atoms with van der Waals surface area (Å²) in [7, 11) is 0. The van der Waals surface area contributed by atoms with Crippen molar-refractivity contribution in [2.45, 2.75) is 12.8 Å². The summed E-state index contributed by atoms with van der Waals surface area (Å²) >= 11 is 0. The SMILES string of the molecule is Nc1c(F)cc(F)cc1NCC1(CO)CC1. The number of benzene rings is 1. The molecule has 1 saturated carbocycles. The Kier molecular flexibility index (Phi) is 2.71. The van der Waals surface area contributed by atoms with Crippen molar-refractivity contribution in [2.24, 2.45) is 5.41 Å². The minimum absolute atomic E-state index is 0.0811. The lowest BCUT2D eigenvalue weighted by molar-refractivity contribution is 0.220. The Morgan fingerprint density at radius 3 is 2.62 bits per heavy atom. The average molecular weight is 228 g/mol. The zero-order valence-electron chi connectivity index (χ0n) is 8.76. The van der Waals surface area contributed by atoms with Gasteiger partial charge in [0, 0.05) is 18.0 Å². The largest absolute Gasteiger partial charge is 0.396 e. The van der Waals surface area contributed by atoms with E-state index in [0.29, 0.717) is 6.54 Å². The van der Waals surface area contributed by atoms with E-state index in [1.54, 1.807) is 0 Å². The number of nitrogens with one attached hydrogen (secondary N) is 1. The molecule has 0 spiro atoms. The molecule has 0 atom stereocenters. The zero-order chi connectivity index (χ0) is 11.8. The number of hydrogen-bond acceptors (Lipinski definition) is 3. The van der Waals surface area contributed by atoms with Crippen molar-refractivity contribution in [1.29, 1.82) is 0 Å². The highest BCUT2D eigenvalue weighted by Crippen LogP contribution is 2.45. The van der Waals surface area contributed by atoms with Crippen molar-refractivity contribution in [1.82, 2.24) is 0 Å². The van der Waals surface area contributed by atoms with Crippen LogP contribution in [0, 0.1) is 17.0 Å². The van der Waals surface area contributed by atoms with Gasteiger partial charge in [-0.3, -0.25) is 0 Å². The van der Waals surface area contributed by atoms with Crippen LogP contribution in [0.25, 0.3) is 0 Å². The molecule has 3 nitrogen and oxygen atoms in total. The van der Waals surface area contributed by atoms with Gasteiger partial charge in [0.2, 0.25) is 0 Å². The minimum atomic E-state index is -0.767. The Bertz CT molecular complexity index is 405. The molecule has 5 heteroatoms. The highest BCUT2D eigenvalue weighted by Gasteiger charge is 2.41. The third kappa shape index (κ3) is 2.09. The molecule has 1 aromatic carbocycles. The van der Waals surface area contributed by atoms with Crippen LogP contribution in [0.4, 0.5) is 20.2 Å². The first kappa shape index (κ1) is 11.1. The van der Waals surface area contributed by atoms with Gasteiger partial charge < -0.3 is 16.2 Å². The van der Waals surface area contributed by atoms with E-state index in [9.17, 15) is 8.78 Å². The smallest absolute Gasteiger partial charge is 0.151 e. The number of nitrogen functional groups attached to an aromatic ring is 1. The second-order valence-electron chi connectivity index (χ2n) is 4.36. The van der Waals surface area contributed by atoms with E-state index < -0.39 is 11.6 Å². The lowest BCUT2D eigenvalue weighted by atomic mass is 10.1. The number of aliphatic hydroxyl groups is 1. The van der Waals surface area contributed by atoms with E-state index in [4.69, 9.17) is 10.8 Å². The van der Waals surface area contributed by atoms with Crippen molar-refractivity contribution in [3.63, 3.8) is 0 Å². The van der Waals surface area contributed by atoms with Gasteiger partial charge in [-0.1, -0.05) is 0 Å². The quantitative estimate of drug-likeness (QED) is 0.688. The van der Waals surface area contributed by atoms with Crippen molar-refractivity contribution in [3.05, 3.63) is 23.8 Å². The number of aliphatic hydroxyl groups excluding tert-OH is 1. The van der Waals surface area contributed by atoms with Crippen LogP contribution >= 0.6 is 0 Å². The summed E-state index contributed by atoms with van der Waals surface area (Å²) in [6.45, 7) is 0.564. The van der Waals surface area contributed by atoms with E-state index in [-0.39, 0.29) is 23.4 Å². The van der Waals surface area contributed by atoms with Gasteiger partial charge in [0.15, 0.2) is 5.82 Å². The molecule has 0 unspecified atom stereocenters. The molecule has 4 N–H and O–H groups in total. The monoisotopic (exact) mass is 228 g/mol. The topological polar surface area (TPSA) is 58.3 Å². The van der Waals surface area contributed by atoms with Crippen molar-refractivity contribution >= 4 is 11.4 Å². The maximum Gasteiger partial charge on any atom is 0.151 e. The van der Waals surface area contributed by atoms with E-state index in [1.165, 1.54) is 0 Å². The molecule has 0 aromatic heterocycles. The summed E-state index contributed by atoms with van der Waals surface area (Å²) in [5.41, 5.74) is 5.51. The van der Waals surface area contributed by atoms with Crippen LogP contribution in [0.5, 0.6) is 0 Å². The second kappa shape index (κ2) is 3.90. The van der Waals surface area contributed by atoms with Gasteiger partial charge in [-0.05, 0) is 18.9 Å². The van der Waals surface area contributed by atoms with E-state index in [2.05, 4.69) is 5.32 Å². The van der Waals surface area contributed by atoms with Crippen LogP contribution in [0.1, 0.15) is 12.8 Å². The molecule has 1 aliphatic rings. The third-order valence-corrected chi connectivity index (χ3v) is 3.04. The summed E-state index contributed by atoms with van der Waals surface area (Å²) in [6, 6.07) is 1.91. The van der Waals surface area contributed by atoms with E-state index >= 15 is 0 Å². The minimum Gasteiger partial charge on any atom is -0.396 e. The predicted molar refractivity (Wildman–Crippen MR) is 58.0 cm³/mol. The average Bonchev–Trinajstić information content (AvgIpc) is 3.02. The number of rotatable bonds is 4. The molecular formula is C11H14F2N2O. The standard InChI is InChI=1S/C11H14F2N2O/c12-7-3-8(13)10(14)9(4-7)15-5-11(6-16)1-2-11/h3-4,15-16H,1-2,5-6,14H2. The Labute approximate surface area is 92.3 Å². The van der Waals surface area contributed by atoms with E-state index in [0.717, 1.165) is 25.0 Å². The van der Waals surface area contributed by atoms with Crippen LogP contribution in [-0.4, -0.2) is 18.3 Å². The number of anilines is 2. The Morgan fingerprint density at radius 2 is 2.06 bits per heavy atom. The summed E-state index contributed by atoms with van der Waals surface area (Å²) in [4.78, 5) is 0. The van der Waals surface area contributed by atoms with Crippen LogP contribution in [0.3, 0.4) is 0 Å². The summed E-state index contributed by atoms with van der Waals surface area (Å²) in [6.07, 6.45) is 1.85. The van der Waals surface area contributed by atoms with Gasteiger partial charge in [-0.2, -0.15) is 0 Å². The van der Waals surface area contributed by atoms with Gasteiger partial charge in [-0.15, -0.1) is 0 Å². The van der Waals surface area contributed by atoms with Gasteiger partial charge in [0.25, 0.3) is 0 Å². The molecule has 0 bridgehead atoms. The lowest BCUT2D eigenvalue weighted by Crippen LogP contribution is -2.19. The Morgan fingerprint density at radius 1 is 1.38 bits per heavy atom. The molecular weight excluding hydrogens is 214 g/mol. The van der Waals surface area contributed by atoms with Gasteiger partial charge in [-0.25, -0.2) is 8.78 Å². The molecule has 0 heterocycles. The van der Waals surface area contributed by atoms with Crippen molar-refractivity contribution in [3.8, 4) is 0 Å². The molecule has 0 saturated heterocycles. The fourth-order valence-corrected chi connectivity index (χ4v) is 1.58. The number of hydrogen-bond donors (Lipinski definition) is 3. The first-order valence-corrected chi connectivity index (χ1v) is 5.16. The predicted octanol–water partition coefficient (Wildman–Crippen LogP) is 1.73. The third-order valence-electron chi connectivity index (χ3n) is 3.04. The number of nitrogens with two attached hydrogens (primary N) is 1. The summed E-state index contributed by atoms with van der Waals surface area (Å²) in [5, 5.41) is 12.0. The van der Waals surface area contributed by atoms with Crippen LogP contribution in [-0.2, 0) is 0 Å². The van der Waals surface area contributed by atoms with Crippen molar-refractivity contribution in [2.75, 3.05) is 24.2 Å². The van der Waals surface area contributed by atoms with Crippen LogP contribution in [0.15, 0.2) is 12.1 Å². The molecule has 0 radical (unpaired) electrons. The molecule has 1 fully saturated rings. The Hall–Kier alpha value is -1.36. The number of halogens is 2. The molecule has 1 aromatic rings. The molecule has 88 valence electrons. The van der Waals surface area contributed by atoms with Crippen LogP contribution in [0.2, 0.25) is 0 Å². The molecule has 0 amide bonds. The van der Waals surface area contributed by atoms with Crippen molar-refractivity contribution < 1.29 is 13.9 Å². The van der Waals surface area contributed by atoms with E-state index in [1.807, 2.05) is 0 Å².